The highest BCUT2D eigenvalue weighted by atomic mass is 32.2. The minimum atomic E-state index is -0.640. The topological polar surface area (TPSA) is 71.0 Å². The molecule has 2 amide bonds. The van der Waals surface area contributed by atoms with Gasteiger partial charge in [0.25, 0.3) is 0 Å². The number of hydrogen-bond donors (Lipinski definition) is 1. The predicted molar refractivity (Wildman–Crippen MR) is 113 cm³/mol. The van der Waals surface area contributed by atoms with E-state index in [1.807, 2.05) is 0 Å². The number of amidine groups is 1. The van der Waals surface area contributed by atoms with Gasteiger partial charge in [0.1, 0.15) is 16.8 Å². The highest BCUT2D eigenvalue weighted by Crippen LogP contribution is 2.32. The minimum Gasteiger partial charge on any atom is -0.497 e. The number of hydrogen-bond acceptors (Lipinski definition) is 5. The van der Waals surface area contributed by atoms with Crippen molar-refractivity contribution in [1.29, 1.82) is 0 Å². The molecule has 0 aliphatic carbocycles. The first kappa shape index (κ1) is 20.6. The van der Waals surface area contributed by atoms with Crippen molar-refractivity contribution in [2.24, 2.45) is 4.99 Å². The van der Waals surface area contributed by atoms with Crippen LogP contribution < -0.4 is 10.1 Å². The Bertz CT molecular complexity index is 946. The molecule has 2 aromatic carbocycles. The van der Waals surface area contributed by atoms with Gasteiger partial charge in [0.2, 0.25) is 11.8 Å². The number of nitrogens with one attached hydrogen (secondary N) is 1. The second-order valence-electron chi connectivity index (χ2n) is 6.17. The van der Waals surface area contributed by atoms with Crippen molar-refractivity contribution >= 4 is 40.1 Å². The lowest BCUT2D eigenvalue weighted by Gasteiger charge is -2.14. The van der Waals surface area contributed by atoms with E-state index in [9.17, 15) is 14.0 Å². The van der Waals surface area contributed by atoms with Gasteiger partial charge in [-0.3, -0.25) is 14.5 Å². The zero-order valence-corrected chi connectivity index (χ0v) is 16.6. The van der Waals surface area contributed by atoms with Gasteiger partial charge < -0.3 is 10.1 Å². The van der Waals surface area contributed by atoms with Crippen molar-refractivity contribution in [2.45, 2.75) is 11.7 Å². The average Bonchev–Trinajstić information content (AvgIpc) is 2.99. The quantitative estimate of drug-likeness (QED) is 0.697. The monoisotopic (exact) mass is 413 g/mol. The van der Waals surface area contributed by atoms with Crippen molar-refractivity contribution in [2.75, 3.05) is 19.0 Å². The Kier molecular flexibility index (Phi) is 6.66. The van der Waals surface area contributed by atoms with Crippen LogP contribution in [0.4, 0.5) is 15.8 Å². The Morgan fingerprint density at radius 2 is 2.03 bits per heavy atom. The van der Waals surface area contributed by atoms with Gasteiger partial charge in [-0.15, -0.1) is 6.58 Å². The number of methoxy groups -OCH3 is 1. The summed E-state index contributed by atoms with van der Waals surface area (Å²) in [6.07, 6.45) is 1.51. The van der Waals surface area contributed by atoms with Crippen LogP contribution in [0.3, 0.4) is 0 Å². The maximum absolute atomic E-state index is 13.7. The third-order valence-corrected chi connectivity index (χ3v) is 5.32. The molecule has 3 rings (SSSR count). The third kappa shape index (κ3) is 5.03. The van der Waals surface area contributed by atoms with Crippen LogP contribution >= 0.6 is 11.8 Å². The second kappa shape index (κ2) is 9.38. The molecule has 1 aliphatic rings. The van der Waals surface area contributed by atoms with E-state index in [1.165, 1.54) is 34.9 Å². The van der Waals surface area contributed by atoms with Gasteiger partial charge in [-0.25, -0.2) is 9.38 Å². The lowest BCUT2D eigenvalue weighted by atomic mass is 10.2. The fourth-order valence-corrected chi connectivity index (χ4v) is 3.89. The summed E-state index contributed by atoms with van der Waals surface area (Å²) in [4.78, 5) is 31.1. The van der Waals surface area contributed by atoms with Crippen molar-refractivity contribution in [3.05, 3.63) is 67.0 Å². The molecule has 150 valence electrons. The Hall–Kier alpha value is -3.13. The summed E-state index contributed by atoms with van der Waals surface area (Å²) in [6, 6.07) is 13.0. The van der Waals surface area contributed by atoms with Crippen molar-refractivity contribution in [3.63, 3.8) is 0 Å². The summed E-state index contributed by atoms with van der Waals surface area (Å²) in [5.41, 5.74) is 0.745. The molecule has 1 N–H and O–H groups in total. The highest BCUT2D eigenvalue weighted by molar-refractivity contribution is 8.15. The lowest BCUT2D eigenvalue weighted by Crippen LogP contribution is -2.33. The number of para-hydroxylation sites is 1. The molecule has 0 saturated carbocycles. The number of carbonyl (C=O) groups excluding carboxylic acids is 2. The fraction of sp³-hybridized carbons (Fsp3) is 0.190. The van der Waals surface area contributed by atoms with E-state index >= 15 is 0 Å². The Labute approximate surface area is 172 Å². The molecule has 0 unspecified atom stereocenters. The number of halogens is 1. The number of ether oxygens (including phenoxy) is 1. The SMILES string of the molecule is C=CCN1C(=O)[C@H](CC(=O)Nc2ccccc2F)SC1=Nc1ccc(OC)cc1. The van der Waals surface area contributed by atoms with Gasteiger partial charge in [0.05, 0.1) is 18.5 Å². The van der Waals surface area contributed by atoms with Gasteiger partial charge in [-0.05, 0) is 36.4 Å². The zero-order valence-electron chi connectivity index (χ0n) is 15.8. The summed E-state index contributed by atoms with van der Waals surface area (Å²) in [6.45, 7) is 3.96. The number of anilines is 1. The molecule has 1 saturated heterocycles. The summed E-state index contributed by atoms with van der Waals surface area (Å²) in [7, 11) is 1.58. The summed E-state index contributed by atoms with van der Waals surface area (Å²) in [5.74, 6) is -0.493. The Morgan fingerprint density at radius 1 is 1.31 bits per heavy atom. The van der Waals surface area contributed by atoms with E-state index in [4.69, 9.17) is 4.74 Å². The number of nitrogens with zero attached hydrogens (tertiary/aromatic N) is 2. The standard InChI is InChI=1S/C21H20FN3O3S/c1-3-12-25-20(27)18(13-19(26)24-17-7-5-4-6-16(17)22)29-21(25)23-14-8-10-15(28-2)11-9-14/h3-11,18H,1,12-13H2,2H3,(H,24,26)/t18-/m0/s1. The molecule has 1 fully saturated rings. The molecule has 0 bridgehead atoms. The van der Waals surface area contributed by atoms with Gasteiger partial charge in [-0.1, -0.05) is 30.0 Å². The van der Waals surface area contributed by atoms with E-state index in [1.54, 1.807) is 43.5 Å². The van der Waals surface area contributed by atoms with Crippen LogP contribution in [-0.4, -0.2) is 40.8 Å². The molecule has 8 heteroatoms. The van der Waals surface area contributed by atoms with Crippen molar-refractivity contribution in [1.82, 2.24) is 4.90 Å². The summed E-state index contributed by atoms with van der Waals surface area (Å²) >= 11 is 1.21. The van der Waals surface area contributed by atoms with Crippen LogP contribution in [-0.2, 0) is 9.59 Å². The van der Waals surface area contributed by atoms with Crippen LogP contribution in [0.1, 0.15) is 6.42 Å². The van der Waals surface area contributed by atoms with Crippen LogP contribution in [0.2, 0.25) is 0 Å². The number of amides is 2. The van der Waals surface area contributed by atoms with Gasteiger partial charge in [-0.2, -0.15) is 0 Å². The number of carbonyl (C=O) groups is 2. The minimum absolute atomic E-state index is 0.0861. The third-order valence-electron chi connectivity index (χ3n) is 4.15. The average molecular weight is 413 g/mol. The summed E-state index contributed by atoms with van der Waals surface area (Å²) < 4.78 is 18.9. The molecule has 1 aliphatic heterocycles. The summed E-state index contributed by atoms with van der Waals surface area (Å²) in [5, 5.41) is 2.36. The Morgan fingerprint density at radius 3 is 2.69 bits per heavy atom. The fourth-order valence-electron chi connectivity index (χ4n) is 2.72. The Balaban J connectivity index is 1.74. The first-order valence-corrected chi connectivity index (χ1v) is 9.76. The second-order valence-corrected chi connectivity index (χ2v) is 7.34. The van der Waals surface area contributed by atoms with Gasteiger partial charge in [0.15, 0.2) is 5.17 Å². The van der Waals surface area contributed by atoms with E-state index < -0.39 is 17.0 Å². The van der Waals surface area contributed by atoms with Crippen LogP contribution in [0, 0.1) is 5.82 Å². The smallest absolute Gasteiger partial charge is 0.242 e. The van der Waals surface area contributed by atoms with Gasteiger partial charge in [0, 0.05) is 13.0 Å². The number of aliphatic imine (C=N–C) groups is 1. The molecular formula is C21H20FN3O3S. The molecule has 6 nitrogen and oxygen atoms in total. The van der Waals surface area contributed by atoms with Crippen molar-refractivity contribution in [3.8, 4) is 5.75 Å². The molecule has 0 spiro atoms. The maximum atomic E-state index is 13.7. The van der Waals surface area contributed by atoms with Crippen LogP contribution in [0.25, 0.3) is 0 Å². The number of rotatable bonds is 7. The molecular weight excluding hydrogens is 393 g/mol. The molecule has 0 radical (unpaired) electrons. The van der Waals surface area contributed by atoms with E-state index in [0.717, 1.165) is 0 Å². The predicted octanol–water partition coefficient (Wildman–Crippen LogP) is 3.98. The normalized spacial score (nSPS) is 17.4. The van der Waals surface area contributed by atoms with Crippen LogP contribution in [0.5, 0.6) is 5.75 Å². The van der Waals surface area contributed by atoms with E-state index in [-0.39, 0.29) is 24.6 Å². The molecule has 1 heterocycles. The molecule has 0 aromatic heterocycles. The molecule has 1 atom stereocenters. The van der Waals surface area contributed by atoms with E-state index in [0.29, 0.717) is 16.6 Å². The largest absolute Gasteiger partial charge is 0.497 e. The zero-order chi connectivity index (χ0) is 20.8. The lowest BCUT2D eigenvalue weighted by molar-refractivity contribution is -0.127. The van der Waals surface area contributed by atoms with Gasteiger partial charge >= 0.3 is 0 Å². The maximum Gasteiger partial charge on any atom is 0.242 e. The molecule has 29 heavy (non-hydrogen) atoms. The van der Waals surface area contributed by atoms with E-state index in [2.05, 4.69) is 16.9 Å². The first-order valence-electron chi connectivity index (χ1n) is 8.88. The first-order chi connectivity index (χ1) is 14.0. The van der Waals surface area contributed by atoms with Crippen molar-refractivity contribution < 1.29 is 18.7 Å². The molecule has 2 aromatic rings. The van der Waals surface area contributed by atoms with Crippen LogP contribution in [0.15, 0.2) is 66.2 Å². The number of thioether (sulfide) groups is 1. The highest BCUT2D eigenvalue weighted by Gasteiger charge is 2.38. The number of benzene rings is 2.